The number of carbonyl (C=O) groups is 2. The average Bonchev–Trinajstić information content (AvgIpc) is 2.48. The number of hydrogen-bond acceptors (Lipinski definition) is 6. The van der Waals surface area contributed by atoms with E-state index in [0.29, 0.717) is 6.42 Å². The van der Waals surface area contributed by atoms with Crippen LogP contribution in [-0.4, -0.2) is 41.0 Å². The van der Waals surface area contributed by atoms with Crippen molar-refractivity contribution in [2.24, 2.45) is 0 Å². The molecular formula is C15H27O8P. The largest absolute Gasteiger partial charge is 0.470 e. The molecule has 0 heterocycles. The molecule has 0 amide bonds. The Kier molecular flexibility index (Phi) is 11.6. The molecule has 0 rings (SSSR count). The van der Waals surface area contributed by atoms with Crippen molar-refractivity contribution in [2.75, 3.05) is 13.2 Å². The zero-order valence-electron chi connectivity index (χ0n) is 14.2. The Morgan fingerprint density at radius 2 is 1.67 bits per heavy atom. The van der Waals surface area contributed by atoms with Gasteiger partial charge in [-0.1, -0.05) is 39.2 Å². The van der Waals surface area contributed by atoms with Crippen LogP contribution in [0.4, 0.5) is 0 Å². The van der Waals surface area contributed by atoms with Crippen LogP contribution in [0.1, 0.15) is 52.4 Å². The van der Waals surface area contributed by atoms with E-state index < -0.39 is 39.1 Å². The summed E-state index contributed by atoms with van der Waals surface area (Å²) in [7, 11) is -4.80. The molecule has 0 fully saturated rings. The van der Waals surface area contributed by atoms with E-state index in [0.717, 1.165) is 25.7 Å². The second-order valence-electron chi connectivity index (χ2n) is 5.44. The lowest BCUT2D eigenvalue weighted by Gasteiger charge is -2.18. The highest BCUT2D eigenvalue weighted by atomic mass is 31.2. The molecule has 0 aliphatic rings. The number of esters is 2. The zero-order valence-corrected chi connectivity index (χ0v) is 15.1. The molecule has 0 aliphatic heterocycles. The van der Waals surface area contributed by atoms with Gasteiger partial charge in [-0.25, -0.2) is 9.36 Å². The van der Waals surface area contributed by atoms with E-state index in [1.165, 1.54) is 6.92 Å². The number of phosphoric ester groups is 1. The minimum Gasteiger partial charge on any atom is -0.463 e. The van der Waals surface area contributed by atoms with Gasteiger partial charge < -0.3 is 19.3 Å². The maximum absolute atomic E-state index is 11.6. The molecule has 0 spiro atoms. The molecule has 0 aromatic heterocycles. The van der Waals surface area contributed by atoms with Gasteiger partial charge in [0.05, 0.1) is 0 Å². The molecule has 2 N–H and O–H groups in total. The number of unbranched alkanes of at least 4 members (excludes halogenated alkanes) is 4. The molecular weight excluding hydrogens is 339 g/mol. The second kappa shape index (κ2) is 12.2. The maximum Gasteiger partial charge on any atom is 0.470 e. The number of rotatable bonds is 13. The number of carbonyl (C=O) groups excluding carboxylic acids is 2. The first-order valence-corrected chi connectivity index (χ1v) is 9.41. The van der Waals surface area contributed by atoms with Crippen LogP contribution in [0.2, 0.25) is 0 Å². The molecule has 0 radical (unpaired) electrons. The van der Waals surface area contributed by atoms with Gasteiger partial charge in [-0.2, -0.15) is 0 Å². The minimum absolute atomic E-state index is 0.133. The fourth-order valence-electron chi connectivity index (χ4n) is 1.73. The van der Waals surface area contributed by atoms with Gasteiger partial charge in [-0.05, 0) is 13.3 Å². The molecule has 0 aromatic carbocycles. The Labute approximate surface area is 142 Å². The molecule has 9 heteroatoms. The highest BCUT2D eigenvalue weighted by Gasteiger charge is 2.25. The normalized spacial score (nSPS) is 12.5. The topological polar surface area (TPSA) is 119 Å². The molecule has 1 unspecified atom stereocenters. The van der Waals surface area contributed by atoms with E-state index in [-0.39, 0.29) is 12.0 Å². The third-order valence-corrected chi connectivity index (χ3v) is 3.52. The van der Waals surface area contributed by atoms with Gasteiger partial charge in [0, 0.05) is 12.0 Å². The lowest BCUT2D eigenvalue weighted by Crippen LogP contribution is -2.28. The molecule has 0 aromatic rings. The highest BCUT2D eigenvalue weighted by molar-refractivity contribution is 7.46. The molecule has 1 atom stereocenters. The SMILES string of the molecule is C=C(C)C(=O)OCC(COC(=O)CCCCCCC)OP(=O)(O)O. The van der Waals surface area contributed by atoms with E-state index in [1.807, 2.05) is 0 Å². The third-order valence-electron chi connectivity index (χ3n) is 2.95. The van der Waals surface area contributed by atoms with Gasteiger partial charge >= 0.3 is 19.8 Å². The molecule has 0 saturated heterocycles. The minimum atomic E-state index is -4.80. The van der Waals surface area contributed by atoms with E-state index >= 15 is 0 Å². The van der Waals surface area contributed by atoms with Gasteiger partial charge in [0.1, 0.15) is 19.3 Å². The van der Waals surface area contributed by atoms with Crippen molar-refractivity contribution in [3.8, 4) is 0 Å². The number of hydrogen-bond donors (Lipinski definition) is 2. The third kappa shape index (κ3) is 13.2. The maximum atomic E-state index is 11.6. The van der Waals surface area contributed by atoms with Crippen molar-refractivity contribution in [1.29, 1.82) is 0 Å². The Hall–Kier alpha value is -1.21. The summed E-state index contributed by atoms with van der Waals surface area (Å²) in [5, 5.41) is 0. The Morgan fingerprint density at radius 3 is 2.21 bits per heavy atom. The molecule has 0 bridgehead atoms. The zero-order chi connectivity index (χ0) is 18.6. The van der Waals surface area contributed by atoms with Crippen molar-refractivity contribution in [3.63, 3.8) is 0 Å². The first-order chi connectivity index (χ1) is 11.2. The lowest BCUT2D eigenvalue weighted by molar-refractivity contribution is -0.150. The fourth-order valence-corrected chi connectivity index (χ4v) is 2.24. The van der Waals surface area contributed by atoms with Crippen molar-refractivity contribution in [3.05, 3.63) is 12.2 Å². The molecule has 0 saturated carbocycles. The summed E-state index contributed by atoms with van der Waals surface area (Å²) in [4.78, 5) is 40.6. The van der Waals surface area contributed by atoms with Crippen molar-refractivity contribution < 1.29 is 37.9 Å². The highest BCUT2D eigenvalue weighted by Crippen LogP contribution is 2.37. The van der Waals surface area contributed by atoms with Crippen LogP contribution in [0.25, 0.3) is 0 Å². The van der Waals surface area contributed by atoms with Crippen LogP contribution in [0.5, 0.6) is 0 Å². The summed E-state index contributed by atoms with van der Waals surface area (Å²) in [5.74, 6) is -1.21. The fraction of sp³-hybridized carbons (Fsp3) is 0.733. The molecule has 0 aliphatic carbocycles. The summed E-state index contributed by atoms with van der Waals surface area (Å²) < 4.78 is 25.1. The molecule has 8 nitrogen and oxygen atoms in total. The number of ether oxygens (including phenoxy) is 2. The summed E-state index contributed by atoms with van der Waals surface area (Å²) in [6.45, 7) is 6.03. The standard InChI is InChI=1S/C15H27O8P/c1-4-5-6-7-8-9-14(16)21-10-13(23-24(18,19)20)11-22-15(17)12(2)3/h13H,2,4-11H2,1,3H3,(H2,18,19,20). The van der Waals surface area contributed by atoms with E-state index in [2.05, 4.69) is 18.0 Å². The smallest absolute Gasteiger partial charge is 0.463 e. The van der Waals surface area contributed by atoms with Gasteiger partial charge in [0.2, 0.25) is 0 Å². The van der Waals surface area contributed by atoms with E-state index in [9.17, 15) is 14.2 Å². The molecule has 24 heavy (non-hydrogen) atoms. The van der Waals surface area contributed by atoms with Crippen molar-refractivity contribution in [1.82, 2.24) is 0 Å². The predicted molar refractivity (Wildman–Crippen MR) is 87.0 cm³/mol. The average molecular weight is 366 g/mol. The monoisotopic (exact) mass is 366 g/mol. The van der Waals surface area contributed by atoms with Crippen LogP contribution in [0.15, 0.2) is 12.2 Å². The molecule has 140 valence electrons. The van der Waals surface area contributed by atoms with Crippen molar-refractivity contribution in [2.45, 2.75) is 58.5 Å². The Morgan fingerprint density at radius 1 is 1.08 bits per heavy atom. The summed E-state index contributed by atoms with van der Waals surface area (Å²) >= 11 is 0. The Bertz CT molecular complexity index is 456. The van der Waals surface area contributed by atoms with Crippen LogP contribution in [0.3, 0.4) is 0 Å². The van der Waals surface area contributed by atoms with E-state index in [4.69, 9.17) is 19.3 Å². The van der Waals surface area contributed by atoms with Gasteiger partial charge in [-0.3, -0.25) is 9.32 Å². The van der Waals surface area contributed by atoms with Gasteiger partial charge in [0.25, 0.3) is 0 Å². The van der Waals surface area contributed by atoms with Gasteiger partial charge in [0.15, 0.2) is 0 Å². The summed E-state index contributed by atoms with van der Waals surface area (Å²) in [5.41, 5.74) is 0.133. The first kappa shape index (κ1) is 22.8. The van der Waals surface area contributed by atoms with Gasteiger partial charge in [-0.15, -0.1) is 0 Å². The Balaban J connectivity index is 4.24. The number of phosphoric acid groups is 1. The quantitative estimate of drug-likeness (QED) is 0.221. The first-order valence-electron chi connectivity index (χ1n) is 7.88. The summed E-state index contributed by atoms with van der Waals surface area (Å²) in [6, 6.07) is 0. The van der Waals surface area contributed by atoms with Crippen molar-refractivity contribution >= 4 is 19.8 Å². The lowest BCUT2D eigenvalue weighted by atomic mass is 10.1. The van der Waals surface area contributed by atoms with Crippen LogP contribution >= 0.6 is 7.82 Å². The van der Waals surface area contributed by atoms with E-state index in [1.54, 1.807) is 0 Å². The van der Waals surface area contributed by atoms with Crippen LogP contribution in [0, 0.1) is 0 Å². The summed E-state index contributed by atoms with van der Waals surface area (Å²) in [6.07, 6.45) is 3.84. The van der Waals surface area contributed by atoms with Crippen LogP contribution < -0.4 is 0 Å². The van der Waals surface area contributed by atoms with Crippen LogP contribution in [-0.2, 0) is 28.2 Å². The second-order valence-corrected chi connectivity index (χ2v) is 6.64. The predicted octanol–water partition coefficient (Wildman–Crippen LogP) is 2.49.